The van der Waals surface area contributed by atoms with Crippen LogP contribution in [0.25, 0.3) is 22.1 Å². The molecule has 22 heteroatoms. The van der Waals surface area contributed by atoms with Crippen molar-refractivity contribution in [3.8, 4) is 5.88 Å². The van der Waals surface area contributed by atoms with Gasteiger partial charge in [0.1, 0.15) is 17.8 Å². The number of H-pyrrole nitrogens is 1. The van der Waals surface area contributed by atoms with Crippen molar-refractivity contribution in [1.29, 1.82) is 0 Å². The average molecular weight is 708 g/mol. The monoisotopic (exact) mass is 707 g/mol. The molecule has 5 aromatic heterocycles. The largest absolute Gasteiger partial charge is 0.490 e. The number of aliphatic carboxylic acids is 2. The quantitative estimate of drug-likeness (QED) is 0.115. The summed E-state index contributed by atoms with van der Waals surface area (Å²) in [6.45, 7) is 2.30. The first-order chi connectivity index (χ1) is 21.9. The van der Waals surface area contributed by atoms with Gasteiger partial charge in [-0.15, -0.1) is 0 Å². The summed E-state index contributed by atoms with van der Waals surface area (Å²) in [6, 6.07) is 5.59. The van der Waals surface area contributed by atoms with Crippen molar-refractivity contribution in [1.82, 2.24) is 34.9 Å². The Hall–Kier alpha value is -5.18. The number of aromatic amines is 1. The summed E-state index contributed by atoms with van der Waals surface area (Å²) in [5.41, 5.74) is 15.0. The second kappa shape index (κ2) is 14.9. The van der Waals surface area contributed by atoms with Gasteiger partial charge >= 0.3 is 24.3 Å². The Balaban J connectivity index is 0.000000360. The number of carbonyl (C=O) groups is 2. The van der Waals surface area contributed by atoms with Gasteiger partial charge in [-0.1, -0.05) is 24.6 Å². The van der Waals surface area contributed by atoms with Gasteiger partial charge in [-0.25, -0.2) is 24.5 Å². The van der Waals surface area contributed by atoms with Crippen LogP contribution in [0.1, 0.15) is 18.2 Å². The van der Waals surface area contributed by atoms with Gasteiger partial charge in [0.15, 0.2) is 11.0 Å². The molecule has 0 radical (unpaired) electrons. The maximum Gasteiger partial charge on any atom is 0.490 e. The number of anilines is 2. The molecule has 0 aliphatic rings. The van der Waals surface area contributed by atoms with Gasteiger partial charge in [-0.05, 0) is 30.3 Å². The number of nitrogens with two attached hydrogens (primary N) is 2. The lowest BCUT2D eigenvalue weighted by Gasteiger charge is -2.09. The SMILES string of the molecule is CCc1[nH]c2nc(Sc3cnc4c(N)nc(N)nc4c3)nc(OCc3cccnc3)c2c1Cl.O=C(O)C(F)(F)F.O=C(O)C(F)(F)F. The fourth-order valence-electron chi connectivity index (χ4n) is 3.29. The van der Waals surface area contributed by atoms with E-state index in [-0.39, 0.29) is 11.8 Å². The van der Waals surface area contributed by atoms with E-state index in [0.29, 0.717) is 44.7 Å². The van der Waals surface area contributed by atoms with E-state index in [1.165, 1.54) is 11.8 Å². The van der Waals surface area contributed by atoms with E-state index in [0.717, 1.165) is 22.6 Å². The zero-order valence-electron chi connectivity index (χ0n) is 23.4. The van der Waals surface area contributed by atoms with E-state index in [2.05, 4.69) is 34.9 Å². The van der Waals surface area contributed by atoms with Crippen LogP contribution in [0.5, 0.6) is 5.88 Å². The fourth-order valence-corrected chi connectivity index (χ4v) is 4.39. The molecule has 5 heterocycles. The Morgan fingerprint density at radius 1 is 1.02 bits per heavy atom. The van der Waals surface area contributed by atoms with E-state index < -0.39 is 24.3 Å². The third-order valence-corrected chi connectivity index (χ3v) is 6.55. The minimum atomic E-state index is -5.08. The molecule has 0 bridgehead atoms. The van der Waals surface area contributed by atoms with Crippen molar-refractivity contribution < 1.29 is 50.9 Å². The molecule has 0 saturated heterocycles. The first-order valence-electron chi connectivity index (χ1n) is 12.5. The molecule has 14 nitrogen and oxygen atoms in total. The number of ether oxygens (including phenoxy) is 1. The number of nitrogens with zero attached hydrogens (tertiary/aromatic N) is 6. The van der Waals surface area contributed by atoms with Crippen LogP contribution < -0.4 is 16.2 Å². The lowest BCUT2D eigenvalue weighted by atomic mass is 10.3. The van der Waals surface area contributed by atoms with E-state index in [4.69, 9.17) is 47.6 Å². The number of rotatable bonds is 6. The minimum absolute atomic E-state index is 0.0841. The Kier molecular flexibility index (Phi) is 11.5. The molecular weight excluding hydrogens is 688 g/mol. The summed E-state index contributed by atoms with van der Waals surface area (Å²) < 4.78 is 69.5. The molecule has 0 fully saturated rings. The van der Waals surface area contributed by atoms with E-state index in [1.807, 2.05) is 25.1 Å². The number of alkyl halides is 6. The standard InChI is InChI=1S/C21H18ClN9OS.2C2HF3O2/c1-2-12-15(22)14-18(27-12)30-21(31-19(14)32-9-10-4-3-5-25-7-10)33-11-6-13-16(26-8-11)17(23)29-20(24)28-13;2*3-2(4,5)1(6)7/h3-8H,2,9H2,1H3,(H,27,30,31)(H4,23,24,28,29);2*(H,6,7). The molecule has 0 spiro atoms. The van der Waals surface area contributed by atoms with Crippen molar-refractivity contribution in [2.45, 2.75) is 42.4 Å². The number of carboxylic acids is 2. The van der Waals surface area contributed by atoms with Gasteiger partial charge < -0.3 is 31.4 Å². The highest BCUT2D eigenvalue weighted by Crippen LogP contribution is 2.37. The third kappa shape index (κ3) is 9.90. The molecule has 5 aromatic rings. The molecule has 0 aromatic carbocycles. The zero-order chi connectivity index (χ0) is 35.1. The van der Waals surface area contributed by atoms with Crippen LogP contribution in [0.2, 0.25) is 5.02 Å². The Labute approximate surface area is 267 Å². The number of halogens is 7. The molecule has 0 aliphatic carbocycles. The molecule has 0 saturated carbocycles. The smallest absolute Gasteiger partial charge is 0.475 e. The van der Waals surface area contributed by atoms with Crippen LogP contribution in [-0.4, -0.2) is 69.4 Å². The molecule has 0 atom stereocenters. The number of fused-ring (bicyclic) bond motifs is 2. The number of pyridine rings is 2. The summed E-state index contributed by atoms with van der Waals surface area (Å²) >= 11 is 7.90. The Morgan fingerprint density at radius 3 is 2.21 bits per heavy atom. The predicted octanol–water partition coefficient (Wildman–Crippen LogP) is 5.07. The summed E-state index contributed by atoms with van der Waals surface area (Å²) in [4.78, 5) is 47.7. The predicted molar refractivity (Wildman–Crippen MR) is 155 cm³/mol. The van der Waals surface area contributed by atoms with Crippen LogP contribution in [0.3, 0.4) is 0 Å². The van der Waals surface area contributed by atoms with Gasteiger partial charge in [0.05, 0.1) is 15.9 Å². The van der Waals surface area contributed by atoms with Crippen LogP contribution in [0.4, 0.5) is 38.1 Å². The molecule has 0 unspecified atom stereocenters. The van der Waals surface area contributed by atoms with Gasteiger partial charge in [-0.3, -0.25) is 4.98 Å². The average Bonchev–Trinajstić information content (AvgIpc) is 3.31. The van der Waals surface area contributed by atoms with E-state index in [9.17, 15) is 26.3 Å². The molecule has 250 valence electrons. The maximum absolute atomic E-state index is 10.6. The third-order valence-electron chi connectivity index (χ3n) is 5.31. The molecule has 47 heavy (non-hydrogen) atoms. The lowest BCUT2D eigenvalue weighted by molar-refractivity contribution is -0.193. The van der Waals surface area contributed by atoms with Gasteiger partial charge in [0.25, 0.3) is 0 Å². The number of aryl methyl sites for hydroxylation is 1. The number of nitrogens with one attached hydrogen (secondary N) is 1. The number of hydrogen-bond acceptors (Lipinski definition) is 12. The summed E-state index contributed by atoms with van der Waals surface area (Å²) in [7, 11) is 0. The number of carboxylic acid groups (broad SMARTS) is 2. The number of aromatic nitrogens is 7. The fraction of sp³-hybridized carbons (Fsp3) is 0.200. The van der Waals surface area contributed by atoms with Crippen molar-refractivity contribution in [3.05, 3.63) is 53.1 Å². The van der Waals surface area contributed by atoms with Crippen LogP contribution in [0.15, 0.2) is 46.8 Å². The molecule has 7 N–H and O–H groups in total. The molecular formula is C25H20ClF6N9O5S. The summed E-state index contributed by atoms with van der Waals surface area (Å²) in [5, 5.41) is 15.9. The highest BCUT2D eigenvalue weighted by Gasteiger charge is 2.38. The minimum Gasteiger partial charge on any atom is -0.475 e. The van der Waals surface area contributed by atoms with Crippen molar-refractivity contribution in [2.24, 2.45) is 0 Å². The Bertz CT molecular complexity index is 1870. The first kappa shape index (κ1) is 36.3. The van der Waals surface area contributed by atoms with Gasteiger partial charge in [0.2, 0.25) is 11.8 Å². The van der Waals surface area contributed by atoms with Crippen molar-refractivity contribution in [3.63, 3.8) is 0 Å². The second-order valence-electron chi connectivity index (χ2n) is 8.67. The molecule has 5 rings (SSSR count). The van der Waals surface area contributed by atoms with E-state index >= 15 is 0 Å². The van der Waals surface area contributed by atoms with E-state index in [1.54, 1.807) is 18.6 Å². The van der Waals surface area contributed by atoms with Crippen LogP contribution in [0, 0.1) is 0 Å². The normalized spacial score (nSPS) is 11.3. The first-order valence-corrected chi connectivity index (χ1v) is 13.7. The van der Waals surface area contributed by atoms with Gasteiger partial charge in [0, 0.05) is 34.7 Å². The highest BCUT2D eigenvalue weighted by atomic mass is 35.5. The highest BCUT2D eigenvalue weighted by molar-refractivity contribution is 7.99. The molecule has 0 amide bonds. The van der Waals surface area contributed by atoms with Gasteiger partial charge in [-0.2, -0.15) is 36.3 Å². The second-order valence-corrected chi connectivity index (χ2v) is 10.1. The van der Waals surface area contributed by atoms with Crippen molar-refractivity contribution >= 4 is 69.1 Å². The summed E-state index contributed by atoms with van der Waals surface area (Å²) in [6.07, 6.45) is -4.34. The number of hydrogen-bond donors (Lipinski definition) is 5. The van der Waals surface area contributed by atoms with Crippen LogP contribution in [-0.2, 0) is 22.6 Å². The number of nitrogen functional groups attached to an aromatic ring is 2. The van der Waals surface area contributed by atoms with Crippen molar-refractivity contribution in [2.75, 3.05) is 11.5 Å². The van der Waals surface area contributed by atoms with Crippen LogP contribution >= 0.6 is 23.4 Å². The molecule has 0 aliphatic heterocycles. The summed E-state index contributed by atoms with van der Waals surface area (Å²) in [5.74, 6) is -4.82. The zero-order valence-corrected chi connectivity index (χ0v) is 25.0. The topological polar surface area (TPSA) is 229 Å². The Morgan fingerprint density at radius 2 is 1.66 bits per heavy atom. The lowest BCUT2D eigenvalue weighted by Crippen LogP contribution is -2.21. The maximum atomic E-state index is 10.6.